The maximum Gasteiger partial charge on any atom is 0.271 e. The zero-order chi connectivity index (χ0) is 21.6. The molecule has 1 aliphatic heterocycles. The van der Waals surface area contributed by atoms with Crippen LogP contribution in [0.5, 0.6) is 0 Å². The number of nitrogens with one attached hydrogen (secondary N) is 1. The van der Waals surface area contributed by atoms with Gasteiger partial charge in [-0.05, 0) is 49.8 Å². The van der Waals surface area contributed by atoms with Crippen LogP contribution in [0.3, 0.4) is 0 Å². The van der Waals surface area contributed by atoms with Crippen molar-refractivity contribution in [2.45, 2.75) is 70.6 Å². The topological polar surface area (TPSA) is 54.3 Å². The quantitative estimate of drug-likeness (QED) is 0.635. The Bertz CT molecular complexity index is 1120. The maximum atomic E-state index is 13.7. The summed E-state index contributed by atoms with van der Waals surface area (Å²) in [5.74, 6) is -0.112. The number of thiophene rings is 1. The van der Waals surface area contributed by atoms with Crippen LogP contribution in [0, 0.1) is 6.92 Å². The fourth-order valence-electron chi connectivity index (χ4n) is 4.98. The van der Waals surface area contributed by atoms with Crippen molar-refractivity contribution in [3.8, 4) is 0 Å². The molecule has 2 aromatic heterocycles. The number of fused-ring (bicyclic) bond motifs is 3. The molecule has 0 spiro atoms. The Hall–Kier alpha value is -2.60. The Kier molecular flexibility index (Phi) is 5.13. The summed E-state index contributed by atoms with van der Waals surface area (Å²) in [7, 11) is 0. The van der Waals surface area contributed by atoms with Crippen LogP contribution in [0.25, 0.3) is 10.2 Å². The van der Waals surface area contributed by atoms with E-state index < -0.39 is 5.54 Å². The second-order valence-electron chi connectivity index (χ2n) is 9.24. The molecule has 5 rings (SSSR count). The lowest BCUT2D eigenvalue weighted by molar-refractivity contribution is -0.134. The third-order valence-corrected chi connectivity index (χ3v) is 7.79. The fourth-order valence-corrected chi connectivity index (χ4v) is 5.81. The molecule has 2 amide bonds. The minimum Gasteiger partial charge on any atom is -0.351 e. The third kappa shape index (κ3) is 3.57. The van der Waals surface area contributed by atoms with Gasteiger partial charge in [-0.1, -0.05) is 49.1 Å². The van der Waals surface area contributed by atoms with Crippen molar-refractivity contribution in [1.82, 2.24) is 14.8 Å². The van der Waals surface area contributed by atoms with Gasteiger partial charge < -0.3 is 14.8 Å². The predicted octanol–water partition coefficient (Wildman–Crippen LogP) is 4.87. The second kappa shape index (κ2) is 7.83. The SMILES string of the molecule is Cc1ccc(CN2C(=O)c3cc4sccc4n3CC2(C)C(=O)NC2CCCCC2)cc1. The van der Waals surface area contributed by atoms with Gasteiger partial charge in [-0.2, -0.15) is 0 Å². The van der Waals surface area contributed by atoms with Crippen LogP contribution < -0.4 is 5.32 Å². The zero-order valence-corrected chi connectivity index (χ0v) is 19.0. The van der Waals surface area contributed by atoms with E-state index in [1.807, 2.05) is 41.1 Å². The van der Waals surface area contributed by atoms with Crippen molar-refractivity contribution in [3.05, 3.63) is 58.6 Å². The van der Waals surface area contributed by atoms with Gasteiger partial charge in [0, 0.05) is 12.6 Å². The van der Waals surface area contributed by atoms with Gasteiger partial charge in [0.2, 0.25) is 5.91 Å². The summed E-state index contributed by atoms with van der Waals surface area (Å²) < 4.78 is 3.14. The third-order valence-electron chi connectivity index (χ3n) is 6.94. The van der Waals surface area contributed by atoms with Crippen molar-refractivity contribution >= 4 is 33.4 Å². The molecule has 1 unspecified atom stereocenters. The molecule has 1 fully saturated rings. The second-order valence-corrected chi connectivity index (χ2v) is 10.2. The highest BCUT2D eigenvalue weighted by Gasteiger charge is 2.48. The summed E-state index contributed by atoms with van der Waals surface area (Å²) in [6.45, 7) is 4.88. The highest BCUT2D eigenvalue weighted by molar-refractivity contribution is 7.17. The fraction of sp³-hybridized carbons (Fsp3) is 0.440. The monoisotopic (exact) mass is 435 g/mol. The van der Waals surface area contributed by atoms with Gasteiger partial charge >= 0.3 is 0 Å². The van der Waals surface area contributed by atoms with E-state index in [4.69, 9.17) is 0 Å². The van der Waals surface area contributed by atoms with E-state index in [2.05, 4.69) is 24.4 Å². The van der Waals surface area contributed by atoms with Crippen molar-refractivity contribution < 1.29 is 9.59 Å². The minimum absolute atomic E-state index is 0.0393. The van der Waals surface area contributed by atoms with E-state index in [-0.39, 0.29) is 17.9 Å². The van der Waals surface area contributed by atoms with Crippen molar-refractivity contribution in [2.24, 2.45) is 0 Å². The summed E-state index contributed by atoms with van der Waals surface area (Å²) in [6.07, 6.45) is 5.61. The van der Waals surface area contributed by atoms with Crippen molar-refractivity contribution in [3.63, 3.8) is 0 Å². The summed E-state index contributed by atoms with van der Waals surface area (Å²) in [5, 5.41) is 5.34. The van der Waals surface area contributed by atoms with E-state index in [1.165, 1.54) is 12.0 Å². The minimum atomic E-state index is -0.944. The lowest BCUT2D eigenvalue weighted by Gasteiger charge is -2.45. The van der Waals surface area contributed by atoms with Gasteiger partial charge in [-0.25, -0.2) is 0 Å². The maximum absolute atomic E-state index is 13.7. The lowest BCUT2D eigenvalue weighted by Crippen LogP contribution is -2.64. The molecule has 0 saturated heterocycles. The number of carbonyl (C=O) groups excluding carboxylic acids is 2. The highest BCUT2D eigenvalue weighted by atomic mass is 32.1. The van der Waals surface area contributed by atoms with Crippen molar-refractivity contribution in [2.75, 3.05) is 0 Å². The Balaban J connectivity index is 1.52. The van der Waals surface area contributed by atoms with E-state index >= 15 is 0 Å². The summed E-state index contributed by atoms with van der Waals surface area (Å²) in [6, 6.07) is 12.4. The molecule has 5 nitrogen and oxygen atoms in total. The first-order valence-electron chi connectivity index (χ1n) is 11.2. The normalized spacial score (nSPS) is 22.0. The van der Waals surface area contributed by atoms with Gasteiger partial charge in [0.15, 0.2) is 0 Å². The summed E-state index contributed by atoms with van der Waals surface area (Å²) >= 11 is 1.63. The summed E-state index contributed by atoms with van der Waals surface area (Å²) in [5.41, 5.74) is 3.00. The van der Waals surface area contributed by atoms with Crippen LogP contribution >= 0.6 is 11.3 Å². The van der Waals surface area contributed by atoms with Crippen LogP contribution in [0.1, 0.15) is 60.6 Å². The first kappa shape index (κ1) is 20.3. The van der Waals surface area contributed by atoms with Gasteiger partial charge in [0.25, 0.3) is 5.91 Å². The molecular formula is C25H29N3O2S. The standard InChI is InChI=1S/C25H29N3O2S/c1-17-8-10-18(11-9-17)15-28-23(29)21-14-22-20(12-13-31-22)27(21)16-25(28,2)24(30)26-19-6-4-3-5-7-19/h8-14,19H,3-7,15-16H2,1-2H3,(H,26,30). The molecule has 162 valence electrons. The molecule has 1 N–H and O–H groups in total. The van der Waals surface area contributed by atoms with E-state index in [1.54, 1.807) is 16.2 Å². The van der Waals surface area contributed by atoms with Crippen LogP contribution in [0.4, 0.5) is 0 Å². The highest BCUT2D eigenvalue weighted by Crippen LogP contribution is 2.35. The molecule has 0 bridgehead atoms. The summed E-state index contributed by atoms with van der Waals surface area (Å²) in [4.78, 5) is 29.2. The van der Waals surface area contributed by atoms with Gasteiger partial charge in [0.1, 0.15) is 11.2 Å². The number of benzene rings is 1. The van der Waals surface area contributed by atoms with E-state index in [0.717, 1.165) is 41.5 Å². The number of carbonyl (C=O) groups is 2. The Morgan fingerprint density at radius 3 is 2.65 bits per heavy atom. The van der Waals surface area contributed by atoms with Crippen molar-refractivity contribution in [1.29, 1.82) is 0 Å². The number of aryl methyl sites for hydroxylation is 1. The number of amides is 2. The largest absolute Gasteiger partial charge is 0.351 e. The molecule has 1 aromatic carbocycles. The van der Waals surface area contributed by atoms with Gasteiger partial charge in [0.05, 0.1) is 16.8 Å². The first-order chi connectivity index (χ1) is 15.0. The number of hydrogen-bond donors (Lipinski definition) is 1. The smallest absolute Gasteiger partial charge is 0.271 e. The molecule has 2 aliphatic rings. The van der Waals surface area contributed by atoms with Gasteiger partial charge in [-0.3, -0.25) is 9.59 Å². The van der Waals surface area contributed by atoms with E-state index in [9.17, 15) is 9.59 Å². The molecule has 31 heavy (non-hydrogen) atoms. The van der Waals surface area contributed by atoms with Crippen LogP contribution in [-0.2, 0) is 17.9 Å². The van der Waals surface area contributed by atoms with Crippen LogP contribution in [-0.4, -0.2) is 32.9 Å². The molecule has 1 saturated carbocycles. The zero-order valence-electron chi connectivity index (χ0n) is 18.2. The molecule has 0 radical (unpaired) electrons. The average Bonchev–Trinajstić information content (AvgIpc) is 3.36. The molecule has 3 heterocycles. The molecule has 6 heteroatoms. The molecule has 1 aliphatic carbocycles. The Labute approximate surface area is 187 Å². The van der Waals surface area contributed by atoms with Gasteiger partial charge in [-0.15, -0.1) is 11.3 Å². The molecule has 3 aromatic rings. The Morgan fingerprint density at radius 2 is 1.90 bits per heavy atom. The average molecular weight is 436 g/mol. The number of aromatic nitrogens is 1. The Morgan fingerprint density at radius 1 is 1.16 bits per heavy atom. The number of hydrogen-bond acceptors (Lipinski definition) is 3. The van der Waals surface area contributed by atoms with Crippen LogP contribution in [0.2, 0.25) is 0 Å². The molecule has 1 atom stereocenters. The lowest BCUT2D eigenvalue weighted by atomic mass is 9.91. The number of nitrogens with zero attached hydrogens (tertiary/aromatic N) is 2. The van der Waals surface area contributed by atoms with E-state index in [0.29, 0.717) is 18.8 Å². The first-order valence-corrected chi connectivity index (χ1v) is 12.1. The predicted molar refractivity (Wildman–Crippen MR) is 124 cm³/mol. The number of rotatable bonds is 4. The molecular weight excluding hydrogens is 406 g/mol. The van der Waals surface area contributed by atoms with Crippen LogP contribution in [0.15, 0.2) is 41.8 Å².